The lowest BCUT2D eigenvalue weighted by atomic mass is 9.84. The van der Waals surface area contributed by atoms with Crippen LogP contribution in [0.2, 0.25) is 0 Å². The zero-order chi connectivity index (χ0) is 34.0. The van der Waals surface area contributed by atoms with Gasteiger partial charge in [0.15, 0.2) is 13.6 Å². The number of hydrogen-bond donors (Lipinski definition) is 0. The number of esters is 1. The number of halogens is 3. The van der Waals surface area contributed by atoms with Crippen LogP contribution in [0.3, 0.4) is 0 Å². The van der Waals surface area contributed by atoms with E-state index in [-0.39, 0.29) is 35.7 Å². The number of ether oxygens (including phenoxy) is 9. The molecule has 2 aliphatic rings. The highest BCUT2D eigenvalue weighted by Crippen LogP contribution is 2.39. The molecule has 0 unspecified atom stereocenters. The number of benzene rings is 3. The molecule has 10 nitrogen and oxygen atoms in total. The number of rotatable bonds is 18. The van der Waals surface area contributed by atoms with Crippen LogP contribution in [0, 0.1) is 10.8 Å². The van der Waals surface area contributed by atoms with Gasteiger partial charge in [0.25, 0.3) is 0 Å². The maximum absolute atomic E-state index is 13.9. The Labute approximate surface area is 276 Å². The van der Waals surface area contributed by atoms with Gasteiger partial charge in [-0.05, 0) is 79.6 Å². The molecule has 0 saturated carbocycles. The lowest BCUT2D eigenvalue weighted by molar-refractivity contribution is -0.162. The standard InChI is InChI=1S/C35H39F3O10/c1-3-33(16-40-17-33)20-42-22-44-26-7-5-25(6-8-26)32(39)48-29-13-14-31(30(15-29)35(36,37)38)47-24-46-28-11-9-27(10-12-28)45-23-43-21-34(4-2)18-41-19-34/h5-15H,3-4,16-24H2,1-2H3. The Hall–Kier alpha value is -4.04. The summed E-state index contributed by atoms with van der Waals surface area (Å²) in [5.74, 6) is -0.271. The minimum Gasteiger partial charge on any atom is -0.468 e. The van der Waals surface area contributed by atoms with E-state index < -0.39 is 30.3 Å². The molecule has 0 atom stereocenters. The van der Waals surface area contributed by atoms with E-state index in [2.05, 4.69) is 13.8 Å². The minimum absolute atomic E-state index is 0.0268. The van der Waals surface area contributed by atoms with Crippen molar-refractivity contribution in [1.29, 1.82) is 0 Å². The van der Waals surface area contributed by atoms with Crippen LogP contribution in [0.15, 0.2) is 66.7 Å². The van der Waals surface area contributed by atoms with Crippen LogP contribution in [0.5, 0.6) is 28.7 Å². The van der Waals surface area contributed by atoms with Crippen LogP contribution in [-0.2, 0) is 25.1 Å². The van der Waals surface area contributed by atoms with E-state index in [9.17, 15) is 18.0 Å². The monoisotopic (exact) mass is 676 g/mol. The van der Waals surface area contributed by atoms with Crippen molar-refractivity contribution < 1.29 is 60.6 Å². The van der Waals surface area contributed by atoms with Crippen molar-refractivity contribution >= 4 is 5.97 Å². The molecule has 5 rings (SSSR count). The predicted octanol–water partition coefficient (Wildman–Crippen LogP) is 6.90. The van der Waals surface area contributed by atoms with Crippen LogP contribution in [0.4, 0.5) is 13.2 Å². The third-order valence-electron chi connectivity index (χ3n) is 8.39. The third kappa shape index (κ3) is 9.31. The van der Waals surface area contributed by atoms with E-state index in [1.807, 2.05) is 0 Å². The summed E-state index contributed by atoms with van der Waals surface area (Å²) in [6.07, 6.45) is -2.88. The molecule has 13 heteroatoms. The Morgan fingerprint density at radius 1 is 0.667 bits per heavy atom. The van der Waals surface area contributed by atoms with Gasteiger partial charge in [0.1, 0.15) is 34.3 Å². The van der Waals surface area contributed by atoms with E-state index in [1.165, 1.54) is 18.2 Å². The van der Waals surface area contributed by atoms with Gasteiger partial charge in [0.05, 0.1) is 45.2 Å². The summed E-state index contributed by atoms with van der Waals surface area (Å²) in [5.41, 5.74) is -0.910. The molecular weight excluding hydrogens is 637 g/mol. The van der Waals surface area contributed by atoms with Crippen molar-refractivity contribution in [3.05, 3.63) is 77.9 Å². The largest absolute Gasteiger partial charge is 0.468 e. The molecule has 0 aromatic heterocycles. The fraction of sp³-hybridized carbons (Fsp3) is 0.457. The Morgan fingerprint density at radius 2 is 1.12 bits per heavy atom. The molecule has 0 N–H and O–H groups in total. The maximum Gasteiger partial charge on any atom is 0.420 e. The quantitative estimate of drug-likeness (QED) is 0.0613. The molecule has 2 heterocycles. The summed E-state index contributed by atoms with van der Waals surface area (Å²) in [6.45, 7) is 7.52. The van der Waals surface area contributed by atoms with Gasteiger partial charge in [-0.15, -0.1) is 0 Å². The van der Waals surface area contributed by atoms with Gasteiger partial charge in [-0.2, -0.15) is 13.2 Å². The summed E-state index contributed by atoms with van der Waals surface area (Å²) in [7, 11) is 0. The average Bonchev–Trinajstić information content (AvgIpc) is 3.04. The SMILES string of the molecule is CCC1(COCOc2ccc(OCOc3ccc(OC(=O)c4ccc(OCOCC5(CC)COC5)cc4)cc3C(F)(F)F)cc2)COC1. The van der Waals surface area contributed by atoms with E-state index in [0.29, 0.717) is 63.0 Å². The zero-order valence-corrected chi connectivity index (χ0v) is 26.8. The molecule has 3 aromatic carbocycles. The number of hydrogen-bond acceptors (Lipinski definition) is 10. The lowest BCUT2D eigenvalue weighted by Gasteiger charge is -2.40. The van der Waals surface area contributed by atoms with Crippen LogP contribution < -0.4 is 23.7 Å². The molecule has 0 aliphatic carbocycles. The van der Waals surface area contributed by atoms with E-state index in [4.69, 9.17) is 42.6 Å². The van der Waals surface area contributed by atoms with Gasteiger partial charge in [-0.1, -0.05) is 13.8 Å². The number of alkyl halides is 3. The smallest absolute Gasteiger partial charge is 0.420 e. The van der Waals surface area contributed by atoms with Gasteiger partial charge < -0.3 is 42.6 Å². The van der Waals surface area contributed by atoms with Crippen LogP contribution in [0.1, 0.15) is 42.6 Å². The summed E-state index contributed by atoms with van der Waals surface area (Å²) in [5, 5.41) is 0. The summed E-state index contributed by atoms with van der Waals surface area (Å²) < 4.78 is 90.5. The molecular formula is C35H39F3O10. The van der Waals surface area contributed by atoms with Gasteiger partial charge >= 0.3 is 12.1 Å². The number of carbonyl (C=O) groups excluding carboxylic acids is 1. The topological polar surface area (TPSA) is 100 Å². The first-order chi connectivity index (χ1) is 23.1. The Bertz CT molecular complexity index is 1460. The van der Waals surface area contributed by atoms with E-state index in [0.717, 1.165) is 18.9 Å². The molecule has 0 bridgehead atoms. The second-order valence-electron chi connectivity index (χ2n) is 11.9. The fourth-order valence-corrected chi connectivity index (χ4v) is 4.86. The molecule has 3 aromatic rings. The van der Waals surface area contributed by atoms with Gasteiger partial charge in [-0.3, -0.25) is 0 Å². The molecule has 2 saturated heterocycles. The van der Waals surface area contributed by atoms with Gasteiger partial charge in [0, 0.05) is 10.8 Å². The normalized spacial score (nSPS) is 16.3. The molecule has 48 heavy (non-hydrogen) atoms. The van der Waals surface area contributed by atoms with Crippen molar-refractivity contribution in [3.8, 4) is 28.7 Å². The van der Waals surface area contributed by atoms with Crippen molar-refractivity contribution in [2.75, 3.05) is 60.0 Å². The Morgan fingerprint density at radius 3 is 1.56 bits per heavy atom. The first-order valence-electron chi connectivity index (χ1n) is 15.6. The Balaban J connectivity index is 1.07. The molecule has 2 aliphatic heterocycles. The molecule has 260 valence electrons. The maximum atomic E-state index is 13.9. The lowest BCUT2D eigenvalue weighted by Crippen LogP contribution is -2.45. The van der Waals surface area contributed by atoms with Crippen molar-refractivity contribution in [3.63, 3.8) is 0 Å². The first-order valence-corrected chi connectivity index (χ1v) is 15.6. The number of carbonyl (C=O) groups is 1. The van der Waals surface area contributed by atoms with Crippen molar-refractivity contribution in [2.45, 2.75) is 32.9 Å². The van der Waals surface area contributed by atoms with Crippen molar-refractivity contribution in [1.82, 2.24) is 0 Å². The average molecular weight is 677 g/mol. The van der Waals surface area contributed by atoms with Crippen LogP contribution >= 0.6 is 0 Å². The predicted molar refractivity (Wildman–Crippen MR) is 165 cm³/mol. The first kappa shape index (κ1) is 35.3. The highest BCUT2D eigenvalue weighted by molar-refractivity contribution is 5.91. The van der Waals surface area contributed by atoms with Crippen LogP contribution in [-0.4, -0.2) is 66.0 Å². The second-order valence-corrected chi connectivity index (χ2v) is 11.9. The third-order valence-corrected chi connectivity index (χ3v) is 8.39. The van der Waals surface area contributed by atoms with Crippen molar-refractivity contribution in [2.24, 2.45) is 10.8 Å². The Kier molecular flexibility index (Phi) is 11.7. The summed E-state index contributed by atoms with van der Waals surface area (Å²) >= 11 is 0. The van der Waals surface area contributed by atoms with Gasteiger partial charge in [0.2, 0.25) is 6.79 Å². The zero-order valence-electron chi connectivity index (χ0n) is 26.8. The summed E-state index contributed by atoms with van der Waals surface area (Å²) in [6, 6.07) is 15.5. The van der Waals surface area contributed by atoms with E-state index in [1.54, 1.807) is 36.4 Å². The molecule has 0 spiro atoms. The molecule has 2 fully saturated rings. The minimum atomic E-state index is -4.79. The fourth-order valence-electron chi connectivity index (χ4n) is 4.86. The molecule has 0 radical (unpaired) electrons. The second kappa shape index (κ2) is 15.9. The van der Waals surface area contributed by atoms with E-state index >= 15 is 0 Å². The highest BCUT2D eigenvalue weighted by Gasteiger charge is 2.38. The molecule has 0 amide bonds. The van der Waals surface area contributed by atoms with Crippen LogP contribution in [0.25, 0.3) is 0 Å². The highest BCUT2D eigenvalue weighted by atomic mass is 19.4. The summed E-state index contributed by atoms with van der Waals surface area (Å²) in [4.78, 5) is 12.7. The van der Waals surface area contributed by atoms with Gasteiger partial charge in [-0.25, -0.2) is 4.79 Å².